The van der Waals surface area contributed by atoms with Gasteiger partial charge in [-0.1, -0.05) is 0 Å². The van der Waals surface area contributed by atoms with Crippen LogP contribution in [0.15, 0.2) is 101 Å². The number of esters is 1. The molecule has 0 saturated carbocycles. The predicted octanol–water partition coefficient (Wildman–Crippen LogP) is 3.65. The first-order valence-electron chi connectivity index (χ1n) is 10.6. The summed E-state index contributed by atoms with van der Waals surface area (Å²) in [7, 11) is 1.33. The van der Waals surface area contributed by atoms with Crippen LogP contribution >= 0.6 is 29.0 Å². The molecule has 8 heteroatoms. The number of aromatic nitrogens is 2. The number of carbonyl (C=O) groups is 1. The van der Waals surface area contributed by atoms with Crippen molar-refractivity contribution in [3.63, 3.8) is 0 Å². The molecule has 0 aliphatic rings. The summed E-state index contributed by atoms with van der Waals surface area (Å²) in [5.41, 5.74) is -0.330. The third kappa shape index (κ3) is 3.96. The summed E-state index contributed by atoms with van der Waals surface area (Å²) in [5.74, 6) is -4.10. The fraction of sp³-hybridized carbons (Fsp3) is 0.115. The molecule has 5 nitrogen and oxygen atoms in total. The molecule has 1 aromatic heterocycles. The maximum atomic E-state index is 13.9. The van der Waals surface area contributed by atoms with E-state index in [1.807, 2.05) is 91.0 Å². The molecule has 0 atom stereocenters. The minimum atomic E-state index is -4.13. The Labute approximate surface area is 207 Å². The summed E-state index contributed by atoms with van der Waals surface area (Å²) < 4.78 is 4.84. The van der Waals surface area contributed by atoms with Crippen molar-refractivity contribution < 1.29 is 9.53 Å². The molecule has 4 aromatic rings. The Morgan fingerprint density at radius 2 is 1.35 bits per heavy atom. The molecule has 3 aromatic carbocycles. The number of thioether (sulfide) groups is 1. The molecule has 1 heterocycles. The standard InChI is InChI=1S/C26H24ClN2O3PS/c1-19-28-25(31)24(26(29-19)34-18-23(30)32-2)33(27,20-12-6-3-7-13-20,21-14-8-4-9-15-21)22-16-10-5-11-17-22/h3-17H,18H2,1-2H3,(H,28,29,31). The van der Waals surface area contributed by atoms with Crippen LogP contribution in [0.1, 0.15) is 5.82 Å². The van der Waals surface area contributed by atoms with Gasteiger partial charge in [-0.25, -0.2) is 0 Å². The number of methoxy groups -OCH3 is 1. The summed E-state index contributed by atoms with van der Waals surface area (Å²) in [6.07, 6.45) is 0. The number of halogens is 1. The van der Waals surface area contributed by atoms with Gasteiger partial charge in [-0.2, -0.15) is 0 Å². The molecule has 174 valence electrons. The number of rotatable bonds is 7. The second-order valence-corrected chi connectivity index (χ2v) is 14.7. The zero-order valence-electron chi connectivity index (χ0n) is 18.8. The number of nitrogens with one attached hydrogen (secondary N) is 1. The second kappa shape index (κ2) is 9.75. The molecule has 34 heavy (non-hydrogen) atoms. The number of H-pyrrole nitrogens is 1. The van der Waals surface area contributed by atoms with E-state index in [9.17, 15) is 9.59 Å². The molecular weight excluding hydrogens is 487 g/mol. The van der Waals surface area contributed by atoms with Crippen LogP contribution in [0.3, 0.4) is 0 Å². The zero-order chi connectivity index (χ0) is 24.2. The summed E-state index contributed by atoms with van der Waals surface area (Å²) in [6.45, 7) is 1.71. The van der Waals surface area contributed by atoms with Gasteiger partial charge in [0.1, 0.15) is 0 Å². The van der Waals surface area contributed by atoms with Gasteiger partial charge in [0.2, 0.25) is 0 Å². The maximum absolute atomic E-state index is 13.9. The van der Waals surface area contributed by atoms with Gasteiger partial charge in [0.05, 0.1) is 0 Å². The van der Waals surface area contributed by atoms with Crippen LogP contribution in [0, 0.1) is 6.92 Å². The van der Waals surface area contributed by atoms with E-state index in [0.717, 1.165) is 27.7 Å². The Hall–Kier alpha value is -2.92. The summed E-state index contributed by atoms with van der Waals surface area (Å²) >= 11 is 9.31. The van der Waals surface area contributed by atoms with Crippen LogP contribution in [0.4, 0.5) is 0 Å². The van der Waals surface area contributed by atoms with E-state index in [0.29, 0.717) is 16.2 Å². The Kier molecular flexibility index (Phi) is 6.94. The van der Waals surface area contributed by atoms with E-state index >= 15 is 0 Å². The van der Waals surface area contributed by atoms with Gasteiger partial charge >= 0.3 is 208 Å². The number of nitrogens with zero attached hydrogens (tertiary/aromatic N) is 1. The van der Waals surface area contributed by atoms with Crippen molar-refractivity contribution in [3.05, 3.63) is 107 Å². The Morgan fingerprint density at radius 3 is 1.76 bits per heavy atom. The number of hydrogen-bond acceptors (Lipinski definition) is 5. The van der Waals surface area contributed by atoms with Crippen molar-refractivity contribution in [2.24, 2.45) is 0 Å². The van der Waals surface area contributed by atoms with E-state index in [-0.39, 0.29) is 11.3 Å². The van der Waals surface area contributed by atoms with E-state index in [4.69, 9.17) is 16.0 Å². The first kappa shape index (κ1) is 24.2. The molecule has 4 rings (SSSR count). The molecule has 0 spiro atoms. The quantitative estimate of drug-likeness (QED) is 0.178. The van der Waals surface area contributed by atoms with Crippen LogP contribution in [0.5, 0.6) is 0 Å². The van der Waals surface area contributed by atoms with Gasteiger partial charge in [0.15, 0.2) is 0 Å². The van der Waals surface area contributed by atoms with Crippen LogP contribution in [0.2, 0.25) is 0 Å². The van der Waals surface area contributed by atoms with Gasteiger partial charge in [0.25, 0.3) is 0 Å². The van der Waals surface area contributed by atoms with Crippen LogP contribution < -0.4 is 26.8 Å². The Balaban J connectivity index is 2.22. The van der Waals surface area contributed by atoms with Crippen LogP contribution in [-0.4, -0.2) is 28.8 Å². The van der Waals surface area contributed by atoms with Crippen molar-refractivity contribution >= 4 is 56.1 Å². The number of aryl methyl sites for hydroxylation is 1. The average Bonchev–Trinajstić information content (AvgIpc) is 2.88. The molecular formula is C26H24ClN2O3PS. The normalized spacial score (nSPS) is 12.5. The molecule has 0 aliphatic heterocycles. The van der Waals surface area contributed by atoms with Gasteiger partial charge in [0, 0.05) is 0 Å². The van der Waals surface area contributed by atoms with Crippen molar-refractivity contribution in [2.45, 2.75) is 11.9 Å². The molecule has 0 saturated heterocycles. The van der Waals surface area contributed by atoms with Crippen molar-refractivity contribution in [1.29, 1.82) is 0 Å². The number of ether oxygens (including phenoxy) is 1. The van der Waals surface area contributed by atoms with E-state index in [2.05, 4.69) is 9.97 Å². The average molecular weight is 511 g/mol. The third-order valence-electron chi connectivity index (χ3n) is 5.68. The van der Waals surface area contributed by atoms with E-state index in [1.54, 1.807) is 6.92 Å². The van der Waals surface area contributed by atoms with Crippen molar-refractivity contribution in [1.82, 2.24) is 9.97 Å². The van der Waals surface area contributed by atoms with Crippen molar-refractivity contribution in [2.75, 3.05) is 12.9 Å². The van der Waals surface area contributed by atoms with Crippen LogP contribution in [0.25, 0.3) is 0 Å². The summed E-state index contributed by atoms with van der Waals surface area (Å²) in [5, 5.41) is 3.20. The Bertz CT molecular complexity index is 1270. The zero-order valence-corrected chi connectivity index (χ0v) is 21.2. The summed E-state index contributed by atoms with van der Waals surface area (Å²) in [6, 6.07) is 29.0. The van der Waals surface area contributed by atoms with Crippen LogP contribution in [-0.2, 0) is 9.53 Å². The van der Waals surface area contributed by atoms with Crippen molar-refractivity contribution in [3.8, 4) is 0 Å². The number of aromatic amines is 1. The Morgan fingerprint density at radius 1 is 0.912 bits per heavy atom. The molecule has 0 unspecified atom stereocenters. The minimum absolute atomic E-state index is 0.00114. The second-order valence-electron chi connectivity index (χ2n) is 7.69. The topological polar surface area (TPSA) is 72.0 Å². The summed E-state index contributed by atoms with van der Waals surface area (Å²) in [4.78, 5) is 33.4. The number of benzene rings is 3. The predicted molar refractivity (Wildman–Crippen MR) is 143 cm³/mol. The number of hydrogen-bond donors (Lipinski definition) is 1. The van der Waals surface area contributed by atoms with Gasteiger partial charge in [-0.3, -0.25) is 0 Å². The molecule has 0 radical (unpaired) electrons. The molecule has 0 aliphatic carbocycles. The van der Waals surface area contributed by atoms with Gasteiger partial charge in [-0.15, -0.1) is 0 Å². The first-order valence-corrected chi connectivity index (χ1v) is 14.7. The molecule has 0 fully saturated rings. The number of carbonyl (C=O) groups excluding carboxylic acids is 1. The molecule has 0 amide bonds. The molecule has 0 bridgehead atoms. The van der Waals surface area contributed by atoms with Gasteiger partial charge in [-0.05, 0) is 0 Å². The van der Waals surface area contributed by atoms with Gasteiger partial charge < -0.3 is 0 Å². The van der Waals surface area contributed by atoms with E-state index in [1.165, 1.54) is 7.11 Å². The fourth-order valence-corrected chi connectivity index (χ4v) is 12.1. The SMILES string of the molecule is COC(=O)CSc1nc(C)[nH]c(=O)c1P(Cl)(c1ccccc1)(c1ccccc1)c1ccccc1. The fourth-order valence-electron chi connectivity index (χ4n) is 4.17. The monoisotopic (exact) mass is 510 g/mol. The third-order valence-corrected chi connectivity index (χ3v) is 14.1. The van der Waals surface area contributed by atoms with E-state index < -0.39 is 11.9 Å². The molecule has 1 N–H and O–H groups in total. The first-order chi connectivity index (χ1) is 16.4.